The number of nitrogens with two attached hydrogens (primary N) is 1. The van der Waals surface area contributed by atoms with Crippen LogP contribution >= 0.6 is 24.0 Å². The second-order valence-corrected chi connectivity index (χ2v) is 4.40. The fourth-order valence-corrected chi connectivity index (χ4v) is 1.67. The first-order chi connectivity index (χ1) is 6.93. The lowest BCUT2D eigenvalue weighted by Crippen LogP contribution is -2.16. The summed E-state index contributed by atoms with van der Waals surface area (Å²) in [6, 6.07) is 1.68. The zero-order valence-corrected chi connectivity index (χ0v) is 10.7. The molecule has 0 aromatic heterocycles. The molecular formula is C11H15Cl2F2N. The Hall–Kier alpha value is -0.380. The number of halogens is 4. The second-order valence-electron chi connectivity index (χ2n) is 3.99. The van der Waals surface area contributed by atoms with Crippen LogP contribution in [0, 0.1) is 17.6 Å². The van der Waals surface area contributed by atoms with Crippen LogP contribution in [0.3, 0.4) is 0 Å². The van der Waals surface area contributed by atoms with Crippen LogP contribution in [0.4, 0.5) is 8.78 Å². The Labute approximate surface area is 105 Å². The lowest BCUT2D eigenvalue weighted by Gasteiger charge is -2.16. The summed E-state index contributed by atoms with van der Waals surface area (Å²) in [6.07, 6.45) is 0.522. The molecule has 1 aromatic carbocycles. The van der Waals surface area contributed by atoms with Crippen molar-refractivity contribution in [2.24, 2.45) is 11.7 Å². The highest BCUT2D eigenvalue weighted by atomic mass is 35.5. The van der Waals surface area contributed by atoms with E-state index in [0.29, 0.717) is 6.42 Å². The molecular weight excluding hydrogens is 255 g/mol. The highest BCUT2D eigenvalue weighted by molar-refractivity contribution is 6.30. The maximum Gasteiger partial charge on any atom is 0.149 e. The first-order valence-corrected chi connectivity index (χ1v) is 5.20. The smallest absolute Gasteiger partial charge is 0.149 e. The third-order valence-corrected chi connectivity index (χ3v) is 2.47. The molecule has 0 unspecified atom stereocenters. The number of hydrogen-bond donors (Lipinski definition) is 1. The van der Waals surface area contributed by atoms with Crippen LogP contribution in [0.1, 0.15) is 31.9 Å². The van der Waals surface area contributed by atoms with Gasteiger partial charge in [-0.15, -0.1) is 12.4 Å². The molecule has 1 rings (SSSR count). The van der Waals surface area contributed by atoms with E-state index < -0.39 is 17.7 Å². The summed E-state index contributed by atoms with van der Waals surface area (Å²) in [4.78, 5) is 0. The predicted octanol–water partition coefficient (Wildman–Crippen LogP) is 4.09. The van der Waals surface area contributed by atoms with E-state index in [9.17, 15) is 8.78 Å². The van der Waals surface area contributed by atoms with Gasteiger partial charge >= 0.3 is 0 Å². The van der Waals surface area contributed by atoms with Gasteiger partial charge in [0.2, 0.25) is 0 Å². The van der Waals surface area contributed by atoms with Gasteiger partial charge in [-0.3, -0.25) is 0 Å². The Morgan fingerprint density at radius 2 is 1.88 bits per heavy atom. The SMILES string of the molecule is CC(C)C[C@H](N)c1c(F)ccc(Cl)c1F.Cl. The molecule has 5 heteroatoms. The van der Waals surface area contributed by atoms with E-state index in [1.54, 1.807) is 0 Å². The fraction of sp³-hybridized carbons (Fsp3) is 0.455. The van der Waals surface area contributed by atoms with Gasteiger partial charge in [0.25, 0.3) is 0 Å². The van der Waals surface area contributed by atoms with Crippen molar-refractivity contribution in [3.63, 3.8) is 0 Å². The van der Waals surface area contributed by atoms with Gasteiger partial charge < -0.3 is 5.73 Å². The summed E-state index contributed by atoms with van der Waals surface area (Å²) >= 11 is 5.57. The Morgan fingerprint density at radius 3 is 2.38 bits per heavy atom. The molecule has 0 heterocycles. The van der Waals surface area contributed by atoms with Gasteiger partial charge in [0, 0.05) is 11.6 Å². The predicted molar refractivity (Wildman–Crippen MR) is 65.0 cm³/mol. The topological polar surface area (TPSA) is 26.0 Å². The molecule has 0 saturated carbocycles. The Balaban J connectivity index is 0.00000225. The Kier molecular flexibility index (Phi) is 6.23. The van der Waals surface area contributed by atoms with E-state index in [1.165, 1.54) is 6.07 Å². The molecule has 0 radical (unpaired) electrons. The minimum absolute atomic E-state index is 0. The maximum absolute atomic E-state index is 13.5. The minimum Gasteiger partial charge on any atom is -0.324 e. The van der Waals surface area contributed by atoms with Crippen molar-refractivity contribution in [2.45, 2.75) is 26.3 Å². The molecule has 16 heavy (non-hydrogen) atoms. The Morgan fingerprint density at radius 1 is 1.31 bits per heavy atom. The van der Waals surface area contributed by atoms with Crippen LogP contribution in [0.5, 0.6) is 0 Å². The van der Waals surface area contributed by atoms with Crippen molar-refractivity contribution in [3.05, 3.63) is 34.4 Å². The average Bonchev–Trinajstić information content (AvgIpc) is 2.11. The monoisotopic (exact) mass is 269 g/mol. The summed E-state index contributed by atoms with van der Waals surface area (Å²) in [5.41, 5.74) is 5.61. The third kappa shape index (κ3) is 3.58. The van der Waals surface area contributed by atoms with Crippen molar-refractivity contribution in [1.82, 2.24) is 0 Å². The summed E-state index contributed by atoms with van der Waals surface area (Å²) < 4.78 is 26.9. The largest absolute Gasteiger partial charge is 0.324 e. The summed E-state index contributed by atoms with van der Waals surface area (Å²) in [6.45, 7) is 3.89. The molecule has 0 amide bonds. The molecule has 0 aliphatic rings. The molecule has 0 aliphatic heterocycles. The summed E-state index contributed by atoms with van der Waals surface area (Å²) in [7, 11) is 0. The molecule has 0 bridgehead atoms. The van der Waals surface area contributed by atoms with Gasteiger partial charge in [-0.25, -0.2) is 8.78 Å². The van der Waals surface area contributed by atoms with E-state index in [-0.39, 0.29) is 28.9 Å². The van der Waals surface area contributed by atoms with Gasteiger partial charge in [-0.1, -0.05) is 25.4 Å². The highest BCUT2D eigenvalue weighted by Gasteiger charge is 2.19. The molecule has 1 aromatic rings. The van der Waals surface area contributed by atoms with E-state index in [0.717, 1.165) is 6.07 Å². The van der Waals surface area contributed by atoms with Gasteiger partial charge in [0.15, 0.2) is 0 Å². The molecule has 1 atom stereocenters. The van der Waals surface area contributed by atoms with Crippen molar-refractivity contribution in [2.75, 3.05) is 0 Å². The van der Waals surface area contributed by atoms with Crippen molar-refractivity contribution in [3.8, 4) is 0 Å². The van der Waals surface area contributed by atoms with E-state index >= 15 is 0 Å². The first kappa shape index (κ1) is 15.6. The summed E-state index contributed by atoms with van der Waals surface area (Å²) in [5.74, 6) is -1.10. The van der Waals surface area contributed by atoms with Gasteiger partial charge in [0.05, 0.1) is 5.02 Å². The fourth-order valence-electron chi connectivity index (χ4n) is 1.51. The van der Waals surface area contributed by atoms with Crippen LogP contribution in [0.15, 0.2) is 12.1 Å². The van der Waals surface area contributed by atoms with Crippen LogP contribution in [0.25, 0.3) is 0 Å². The standard InChI is InChI=1S/C11H14ClF2N.ClH/c1-6(2)5-9(15)10-8(13)4-3-7(12)11(10)14;/h3-4,6,9H,5,15H2,1-2H3;1H/t9-;/m0./s1. The van der Waals surface area contributed by atoms with E-state index in [2.05, 4.69) is 0 Å². The minimum atomic E-state index is -0.746. The molecule has 2 N–H and O–H groups in total. The highest BCUT2D eigenvalue weighted by Crippen LogP contribution is 2.28. The molecule has 0 saturated heterocycles. The zero-order valence-electron chi connectivity index (χ0n) is 9.14. The van der Waals surface area contributed by atoms with Crippen molar-refractivity contribution < 1.29 is 8.78 Å². The van der Waals surface area contributed by atoms with Gasteiger partial charge in [-0.05, 0) is 24.5 Å². The lowest BCUT2D eigenvalue weighted by atomic mass is 9.97. The van der Waals surface area contributed by atoms with E-state index in [1.807, 2.05) is 13.8 Å². The van der Waals surface area contributed by atoms with Gasteiger partial charge in [0.1, 0.15) is 11.6 Å². The Bertz CT molecular complexity index is 356. The molecule has 0 aliphatic carbocycles. The van der Waals surface area contributed by atoms with Crippen molar-refractivity contribution in [1.29, 1.82) is 0 Å². The normalized spacial score (nSPS) is 12.4. The molecule has 0 spiro atoms. The van der Waals surface area contributed by atoms with Gasteiger partial charge in [-0.2, -0.15) is 0 Å². The molecule has 92 valence electrons. The first-order valence-electron chi connectivity index (χ1n) is 4.82. The lowest BCUT2D eigenvalue weighted by molar-refractivity contribution is 0.463. The quantitative estimate of drug-likeness (QED) is 0.822. The number of benzene rings is 1. The van der Waals surface area contributed by atoms with E-state index in [4.69, 9.17) is 17.3 Å². The average molecular weight is 270 g/mol. The number of hydrogen-bond acceptors (Lipinski definition) is 1. The van der Waals surface area contributed by atoms with Crippen LogP contribution in [0.2, 0.25) is 5.02 Å². The number of rotatable bonds is 3. The van der Waals surface area contributed by atoms with Crippen molar-refractivity contribution >= 4 is 24.0 Å². The van der Waals surface area contributed by atoms with Crippen LogP contribution in [-0.4, -0.2) is 0 Å². The van der Waals surface area contributed by atoms with Crippen LogP contribution in [-0.2, 0) is 0 Å². The third-order valence-electron chi connectivity index (χ3n) is 2.18. The van der Waals surface area contributed by atoms with Crippen LogP contribution < -0.4 is 5.73 Å². The molecule has 0 fully saturated rings. The molecule has 1 nitrogen and oxygen atoms in total. The maximum atomic E-state index is 13.5. The zero-order chi connectivity index (χ0) is 11.6. The summed E-state index contributed by atoms with van der Waals surface area (Å²) in [5, 5.41) is -0.0920. The second kappa shape index (κ2) is 6.38.